The lowest BCUT2D eigenvalue weighted by molar-refractivity contribution is -0.122. The third-order valence-corrected chi connectivity index (χ3v) is 5.78. The molecule has 29 heavy (non-hydrogen) atoms. The molecular weight excluding hydrogens is 364 g/mol. The molecule has 0 aromatic heterocycles. The van der Waals surface area contributed by atoms with Gasteiger partial charge in [-0.1, -0.05) is 25.0 Å². The number of hydrogen-bond donors (Lipinski definition) is 3. The van der Waals surface area contributed by atoms with E-state index in [4.69, 9.17) is 5.73 Å². The molecule has 0 spiro atoms. The van der Waals surface area contributed by atoms with Gasteiger partial charge >= 0.3 is 0 Å². The first-order chi connectivity index (χ1) is 14.1. The van der Waals surface area contributed by atoms with Crippen molar-refractivity contribution in [1.29, 1.82) is 0 Å². The minimum atomic E-state index is 0.0653. The van der Waals surface area contributed by atoms with Crippen LogP contribution in [0.15, 0.2) is 47.5 Å². The maximum Gasteiger partial charge on any atom is 0.227 e. The van der Waals surface area contributed by atoms with Crippen molar-refractivity contribution in [3.63, 3.8) is 0 Å². The number of nitrogen functional groups attached to an aromatic ring is 1. The van der Waals surface area contributed by atoms with E-state index in [-0.39, 0.29) is 23.7 Å². The predicted molar refractivity (Wildman–Crippen MR) is 116 cm³/mol. The van der Waals surface area contributed by atoms with Gasteiger partial charge in [-0.05, 0) is 61.6 Å². The van der Waals surface area contributed by atoms with Gasteiger partial charge in [-0.3, -0.25) is 14.6 Å². The zero-order valence-corrected chi connectivity index (χ0v) is 16.4. The van der Waals surface area contributed by atoms with E-state index in [1.807, 2.05) is 24.3 Å². The lowest BCUT2D eigenvalue weighted by atomic mass is 9.85. The number of anilines is 3. The van der Waals surface area contributed by atoms with E-state index in [9.17, 15) is 9.59 Å². The van der Waals surface area contributed by atoms with Crippen LogP contribution < -0.4 is 16.4 Å². The van der Waals surface area contributed by atoms with Gasteiger partial charge in [-0.25, -0.2) is 0 Å². The molecule has 0 heterocycles. The average molecular weight is 390 g/mol. The van der Waals surface area contributed by atoms with Gasteiger partial charge in [0.05, 0.1) is 11.4 Å². The Hall–Kier alpha value is -3.15. The first-order valence-electron chi connectivity index (χ1n) is 10.2. The minimum Gasteiger partial charge on any atom is -0.397 e. The summed E-state index contributed by atoms with van der Waals surface area (Å²) in [6, 6.07) is 12.9. The third kappa shape index (κ3) is 4.65. The molecule has 4 N–H and O–H groups in total. The molecule has 0 atom stereocenters. The molecule has 0 bridgehead atoms. The minimum absolute atomic E-state index is 0.0653. The van der Waals surface area contributed by atoms with E-state index in [0.29, 0.717) is 17.1 Å². The lowest BCUT2D eigenvalue weighted by Gasteiger charge is -2.24. The van der Waals surface area contributed by atoms with Crippen LogP contribution in [-0.2, 0) is 9.59 Å². The molecule has 150 valence electrons. The molecule has 0 saturated heterocycles. The van der Waals surface area contributed by atoms with Crippen molar-refractivity contribution in [3.05, 3.63) is 48.0 Å². The summed E-state index contributed by atoms with van der Waals surface area (Å²) >= 11 is 0. The fourth-order valence-electron chi connectivity index (χ4n) is 3.36. The van der Waals surface area contributed by atoms with E-state index >= 15 is 0 Å². The number of carbonyl (C=O) groups excluding carboxylic acids is 2. The van der Waals surface area contributed by atoms with E-state index < -0.39 is 0 Å². The standard InChI is InChI=1S/C23H26N4O2/c24-20-12-11-19(27-23(29)17-5-2-6-17)13-21(20)25-14-15-7-9-18(10-8-15)26-22(28)16-3-1-4-16/h7-14,16-17H,1-6,24H2,(H,26,28)(H,27,29). The van der Waals surface area contributed by atoms with Gasteiger partial charge in [-0.15, -0.1) is 0 Å². The summed E-state index contributed by atoms with van der Waals surface area (Å²) in [4.78, 5) is 28.6. The number of amides is 2. The summed E-state index contributed by atoms with van der Waals surface area (Å²) in [5.41, 5.74) is 9.59. The molecular formula is C23H26N4O2. The molecule has 2 aromatic carbocycles. The Labute approximate surface area is 170 Å². The normalized spacial score (nSPS) is 16.8. The molecule has 2 fully saturated rings. The van der Waals surface area contributed by atoms with Crippen LogP contribution in [0.3, 0.4) is 0 Å². The van der Waals surface area contributed by atoms with Crippen molar-refractivity contribution in [2.75, 3.05) is 16.4 Å². The van der Waals surface area contributed by atoms with Crippen LogP contribution >= 0.6 is 0 Å². The summed E-state index contributed by atoms with van der Waals surface area (Å²) in [5, 5.41) is 5.90. The number of hydrogen-bond acceptors (Lipinski definition) is 4. The van der Waals surface area contributed by atoms with Crippen molar-refractivity contribution >= 4 is 40.8 Å². The summed E-state index contributed by atoms with van der Waals surface area (Å²) in [6.45, 7) is 0. The quantitative estimate of drug-likeness (QED) is 0.500. The second kappa shape index (κ2) is 8.47. The molecule has 0 unspecified atom stereocenters. The number of rotatable bonds is 6. The number of nitrogens with two attached hydrogens (primary N) is 1. The smallest absolute Gasteiger partial charge is 0.227 e. The molecule has 4 rings (SSSR count). The topological polar surface area (TPSA) is 96.6 Å². The number of benzene rings is 2. The highest BCUT2D eigenvalue weighted by Crippen LogP contribution is 2.30. The molecule has 2 aliphatic carbocycles. The second-order valence-electron chi connectivity index (χ2n) is 7.89. The maximum atomic E-state index is 12.1. The van der Waals surface area contributed by atoms with Crippen LogP contribution in [0.25, 0.3) is 0 Å². The maximum absolute atomic E-state index is 12.1. The van der Waals surface area contributed by atoms with Crippen molar-refractivity contribution in [3.8, 4) is 0 Å². The highest BCUT2D eigenvalue weighted by molar-refractivity contribution is 5.95. The molecule has 2 amide bonds. The van der Waals surface area contributed by atoms with Gasteiger partial charge in [0.1, 0.15) is 0 Å². The van der Waals surface area contributed by atoms with E-state index in [0.717, 1.165) is 49.8 Å². The summed E-state index contributed by atoms with van der Waals surface area (Å²) in [7, 11) is 0. The van der Waals surface area contributed by atoms with Crippen molar-refractivity contribution in [2.45, 2.75) is 38.5 Å². The van der Waals surface area contributed by atoms with Crippen molar-refractivity contribution < 1.29 is 9.59 Å². The molecule has 6 heteroatoms. The van der Waals surface area contributed by atoms with E-state index in [2.05, 4.69) is 15.6 Å². The second-order valence-corrected chi connectivity index (χ2v) is 7.89. The third-order valence-electron chi connectivity index (χ3n) is 5.78. The molecule has 0 aliphatic heterocycles. The fraction of sp³-hybridized carbons (Fsp3) is 0.348. The lowest BCUT2D eigenvalue weighted by Crippen LogP contribution is -2.27. The Balaban J connectivity index is 1.39. The van der Waals surface area contributed by atoms with Crippen LogP contribution in [0.2, 0.25) is 0 Å². The monoisotopic (exact) mass is 390 g/mol. The SMILES string of the molecule is Nc1ccc(NC(=O)C2CCC2)cc1N=Cc1ccc(NC(=O)C2CCC2)cc1. The zero-order valence-electron chi connectivity index (χ0n) is 16.4. The predicted octanol–water partition coefficient (Wildman–Crippen LogP) is 4.50. The van der Waals surface area contributed by atoms with E-state index in [1.165, 1.54) is 0 Å². The van der Waals surface area contributed by atoms with Crippen LogP contribution in [0.1, 0.15) is 44.1 Å². The number of nitrogens with zero attached hydrogens (tertiary/aromatic N) is 1. The van der Waals surface area contributed by atoms with Crippen LogP contribution in [0.4, 0.5) is 22.7 Å². The van der Waals surface area contributed by atoms with E-state index in [1.54, 1.807) is 24.4 Å². The fourth-order valence-corrected chi connectivity index (χ4v) is 3.36. The van der Waals surface area contributed by atoms with Gasteiger partial charge in [0, 0.05) is 29.4 Å². The van der Waals surface area contributed by atoms with Gasteiger partial charge < -0.3 is 16.4 Å². The van der Waals surface area contributed by atoms with Gasteiger partial charge in [-0.2, -0.15) is 0 Å². The highest BCUT2D eigenvalue weighted by atomic mass is 16.2. The first kappa shape index (κ1) is 19.2. The Morgan fingerprint density at radius 1 is 0.862 bits per heavy atom. The summed E-state index contributed by atoms with van der Waals surface area (Å²) < 4.78 is 0. The van der Waals surface area contributed by atoms with Crippen LogP contribution in [0, 0.1) is 11.8 Å². The first-order valence-corrected chi connectivity index (χ1v) is 10.2. The Bertz CT molecular complexity index is 928. The zero-order chi connectivity index (χ0) is 20.2. The van der Waals surface area contributed by atoms with Gasteiger partial charge in [0.25, 0.3) is 0 Å². The van der Waals surface area contributed by atoms with Crippen molar-refractivity contribution in [2.24, 2.45) is 16.8 Å². The largest absolute Gasteiger partial charge is 0.397 e. The number of carbonyl (C=O) groups is 2. The highest BCUT2D eigenvalue weighted by Gasteiger charge is 2.25. The molecule has 2 aliphatic rings. The molecule has 0 radical (unpaired) electrons. The summed E-state index contributed by atoms with van der Waals surface area (Å²) in [6.07, 6.45) is 7.88. The molecule has 2 aromatic rings. The Morgan fingerprint density at radius 2 is 1.41 bits per heavy atom. The van der Waals surface area contributed by atoms with Gasteiger partial charge in [0.2, 0.25) is 11.8 Å². The number of aliphatic imine (C=N–C) groups is 1. The molecule has 2 saturated carbocycles. The Morgan fingerprint density at radius 3 is 1.97 bits per heavy atom. The average Bonchev–Trinajstić information content (AvgIpc) is 2.60. The van der Waals surface area contributed by atoms with Crippen molar-refractivity contribution in [1.82, 2.24) is 0 Å². The van der Waals surface area contributed by atoms with Crippen LogP contribution in [0.5, 0.6) is 0 Å². The summed E-state index contributed by atoms with van der Waals surface area (Å²) in [5.74, 6) is 0.459. The Kier molecular flexibility index (Phi) is 5.60. The molecule has 6 nitrogen and oxygen atoms in total. The number of nitrogens with one attached hydrogen (secondary N) is 2. The van der Waals surface area contributed by atoms with Crippen LogP contribution in [-0.4, -0.2) is 18.0 Å². The van der Waals surface area contributed by atoms with Gasteiger partial charge in [0.15, 0.2) is 0 Å².